The first-order valence-corrected chi connectivity index (χ1v) is 9.47. The topological polar surface area (TPSA) is 106 Å². The van der Waals surface area contributed by atoms with Crippen LogP contribution in [0.3, 0.4) is 0 Å². The lowest BCUT2D eigenvalue weighted by Gasteiger charge is -2.11. The van der Waals surface area contributed by atoms with E-state index < -0.39 is 10.0 Å². The SMILES string of the molecule is CN=C(NCc1ccc(OC)cc1)NCc1ccc(S(N)(=O)=O)s1. The van der Waals surface area contributed by atoms with Gasteiger partial charge in [0.1, 0.15) is 9.96 Å². The Morgan fingerprint density at radius 1 is 1.17 bits per heavy atom. The van der Waals surface area contributed by atoms with Crippen LogP contribution in [0.5, 0.6) is 5.75 Å². The third-order valence-electron chi connectivity index (χ3n) is 3.19. The molecule has 2 aromatic rings. The molecule has 0 fully saturated rings. The molecule has 0 spiro atoms. The first-order valence-electron chi connectivity index (χ1n) is 7.11. The molecule has 130 valence electrons. The van der Waals surface area contributed by atoms with Crippen LogP contribution in [-0.4, -0.2) is 28.5 Å². The lowest BCUT2D eigenvalue weighted by atomic mass is 10.2. The van der Waals surface area contributed by atoms with Gasteiger partial charge in [-0.15, -0.1) is 11.3 Å². The van der Waals surface area contributed by atoms with E-state index in [1.165, 1.54) is 6.07 Å². The van der Waals surface area contributed by atoms with Crippen molar-refractivity contribution in [2.75, 3.05) is 14.2 Å². The van der Waals surface area contributed by atoms with Crippen molar-refractivity contribution in [2.45, 2.75) is 17.3 Å². The quantitative estimate of drug-likeness (QED) is 0.526. The molecule has 0 saturated carbocycles. The van der Waals surface area contributed by atoms with Gasteiger partial charge in [-0.1, -0.05) is 12.1 Å². The van der Waals surface area contributed by atoms with Gasteiger partial charge in [-0.05, 0) is 29.8 Å². The van der Waals surface area contributed by atoms with E-state index in [1.54, 1.807) is 20.2 Å². The van der Waals surface area contributed by atoms with Crippen molar-refractivity contribution >= 4 is 27.3 Å². The Bertz CT molecular complexity index is 798. The second kappa shape index (κ2) is 8.13. The number of thiophene rings is 1. The Morgan fingerprint density at radius 3 is 2.38 bits per heavy atom. The number of nitrogens with zero attached hydrogens (tertiary/aromatic N) is 1. The molecule has 24 heavy (non-hydrogen) atoms. The number of guanidine groups is 1. The van der Waals surface area contributed by atoms with E-state index >= 15 is 0 Å². The molecule has 1 heterocycles. The van der Waals surface area contributed by atoms with E-state index in [1.807, 2.05) is 24.3 Å². The highest BCUT2D eigenvalue weighted by Gasteiger charge is 2.11. The number of aliphatic imine (C=N–C) groups is 1. The maximum atomic E-state index is 11.3. The number of benzene rings is 1. The molecule has 0 unspecified atom stereocenters. The summed E-state index contributed by atoms with van der Waals surface area (Å²) >= 11 is 1.14. The Labute approximate surface area is 145 Å². The summed E-state index contributed by atoms with van der Waals surface area (Å²) in [7, 11) is -0.339. The predicted octanol–water partition coefficient (Wildman–Crippen LogP) is 1.27. The van der Waals surface area contributed by atoms with Gasteiger partial charge in [-0.3, -0.25) is 4.99 Å². The Hall–Kier alpha value is -2.10. The molecule has 0 saturated heterocycles. The molecule has 4 N–H and O–H groups in total. The molecular weight excluding hydrogens is 348 g/mol. The highest BCUT2D eigenvalue weighted by atomic mass is 32.2. The summed E-state index contributed by atoms with van der Waals surface area (Å²) in [5.74, 6) is 1.43. The number of hydrogen-bond donors (Lipinski definition) is 3. The normalized spacial score (nSPS) is 12.0. The van der Waals surface area contributed by atoms with Crippen molar-refractivity contribution in [3.63, 3.8) is 0 Å². The summed E-state index contributed by atoms with van der Waals surface area (Å²) in [5.41, 5.74) is 1.09. The lowest BCUT2D eigenvalue weighted by molar-refractivity contribution is 0.414. The zero-order valence-corrected chi connectivity index (χ0v) is 15.1. The Balaban J connectivity index is 1.87. The maximum Gasteiger partial charge on any atom is 0.247 e. The highest BCUT2D eigenvalue weighted by Crippen LogP contribution is 2.19. The van der Waals surface area contributed by atoms with E-state index in [9.17, 15) is 8.42 Å². The molecular formula is C15H20N4O3S2. The van der Waals surface area contributed by atoms with Crippen LogP contribution in [0.1, 0.15) is 10.4 Å². The van der Waals surface area contributed by atoms with Gasteiger partial charge in [0.05, 0.1) is 13.7 Å². The van der Waals surface area contributed by atoms with Gasteiger partial charge in [0, 0.05) is 18.5 Å². The monoisotopic (exact) mass is 368 g/mol. The minimum absolute atomic E-state index is 0.153. The van der Waals surface area contributed by atoms with Crippen LogP contribution in [0.2, 0.25) is 0 Å². The number of rotatable bonds is 6. The van der Waals surface area contributed by atoms with E-state index in [2.05, 4.69) is 15.6 Å². The van der Waals surface area contributed by atoms with Gasteiger partial charge in [-0.25, -0.2) is 13.6 Å². The highest BCUT2D eigenvalue weighted by molar-refractivity contribution is 7.91. The molecule has 9 heteroatoms. The average Bonchev–Trinajstić information content (AvgIpc) is 3.05. The molecule has 7 nitrogen and oxygen atoms in total. The summed E-state index contributed by atoms with van der Waals surface area (Å²) < 4.78 is 27.8. The minimum Gasteiger partial charge on any atom is -0.497 e. The molecule has 0 aliphatic rings. The summed E-state index contributed by atoms with van der Waals surface area (Å²) in [6.45, 7) is 1.07. The fourth-order valence-electron chi connectivity index (χ4n) is 1.93. The number of methoxy groups -OCH3 is 1. The molecule has 0 aliphatic carbocycles. The molecule has 2 rings (SSSR count). The number of primary sulfonamides is 1. The molecule has 0 amide bonds. The van der Waals surface area contributed by atoms with Crippen LogP contribution < -0.4 is 20.5 Å². The van der Waals surface area contributed by atoms with Crippen molar-refractivity contribution in [2.24, 2.45) is 10.1 Å². The predicted molar refractivity (Wildman–Crippen MR) is 95.7 cm³/mol. The number of ether oxygens (including phenoxy) is 1. The number of sulfonamides is 1. The van der Waals surface area contributed by atoms with Gasteiger partial charge in [0.25, 0.3) is 0 Å². The van der Waals surface area contributed by atoms with E-state index in [4.69, 9.17) is 9.88 Å². The van der Waals surface area contributed by atoms with E-state index in [-0.39, 0.29) is 4.21 Å². The summed E-state index contributed by atoms with van der Waals surface area (Å²) in [6.07, 6.45) is 0. The average molecular weight is 368 g/mol. The van der Waals surface area contributed by atoms with E-state index in [0.29, 0.717) is 19.0 Å². The Morgan fingerprint density at radius 2 is 1.83 bits per heavy atom. The second-order valence-electron chi connectivity index (χ2n) is 4.89. The minimum atomic E-state index is -3.64. The number of hydrogen-bond acceptors (Lipinski definition) is 5. The summed E-state index contributed by atoms with van der Waals surface area (Å²) in [5, 5.41) is 11.4. The van der Waals surface area contributed by atoms with Crippen molar-refractivity contribution in [1.29, 1.82) is 0 Å². The van der Waals surface area contributed by atoms with Crippen molar-refractivity contribution < 1.29 is 13.2 Å². The number of nitrogens with one attached hydrogen (secondary N) is 2. The molecule has 0 bridgehead atoms. The van der Waals surface area contributed by atoms with Crippen molar-refractivity contribution in [3.8, 4) is 5.75 Å². The lowest BCUT2D eigenvalue weighted by Crippen LogP contribution is -2.36. The van der Waals surface area contributed by atoms with Gasteiger partial charge in [-0.2, -0.15) is 0 Å². The first-order chi connectivity index (χ1) is 11.4. The maximum absolute atomic E-state index is 11.3. The van der Waals surface area contributed by atoms with Gasteiger partial charge in [0.15, 0.2) is 5.96 Å². The van der Waals surface area contributed by atoms with Crippen LogP contribution in [0.15, 0.2) is 45.6 Å². The smallest absolute Gasteiger partial charge is 0.247 e. The molecule has 0 atom stereocenters. The third kappa shape index (κ3) is 5.22. The Kier molecular flexibility index (Phi) is 6.18. The van der Waals surface area contributed by atoms with Crippen molar-refractivity contribution in [1.82, 2.24) is 10.6 Å². The molecule has 1 aromatic heterocycles. The van der Waals surface area contributed by atoms with Gasteiger partial charge in [0.2, 0.25) is 10.0 Å². The van der Waals surface area contributed by atoms with Crippen LogP contribution in [-0.2, 0) is 23.1 Å². The standard InChI is InChI=1S/C15H20N4O3S2/c1-17-15(18-9-11-3-5-12(22-2)6-4-11)19-10-13-7-8-14(23-13)24(16,20)21/h3-8H,9-10H2,1-2H3,(H2,16,20,21)(H2,17,18,19). The summed E-state index contributed by atoms with van der Waals surface area (Å²) in [4.78, 5) is 4.99. The van der Waals surface area contributed by atoms with Crippen LogP contribution >= 0.6 is 11.3 Å². The largest absolute Gasteiger partial charge is 0.497 e. The zero-order valence-electron chi connectivity index (χ0n) is 13.4. The molecule has 0 radical (unpaired) electrons. The van der Waals surface area contributed by atoms with Gasteiger partial charge < -0.3 is 15.4 Å². The van der Waals surface area contributed by atoms with Crippen molar-refractivity contribution in [3.05, 3.63) is 46.8 Å². The van der Waals surface area contributed by atoms with Crippen LogP contribution in [0.4, 0.5) is 0 Å². The van der Waals surface area contributed by atoms with Crippen LogP contribution in [0, 0.1) is 0 Å². The first kappa shape index (κ1) is 18.2. The second-order valence-corrected chi connectivity index (χ2v) is 7.85. The molecule has 1 aromatic carbocycles. The molecule has 0 aliphatic heterocycles. The zero-order chi connectivity index (χ0) is 17.6. The fourth-order valence-corrected chi connectivity index (χ4v) is 3.65. The third-order valence-corrected chi connectivity index (χ3v) is 5.71. The number of nitrogens with two attached hydrogens (primary N) is 1. The van der Waals surface area contributed by atoms with Crippen LogP contribution in [0.25, 0.3) is 0 Å². The fraction of sp³-hybridized carbons (Fsp3) is 0.267. The van der Waals surface area contributed by atoms with E-state index in [0.717, 1.165) is 27.5 Å². The summed E-state index contributed by atoms with van der Waals surface area (Å²) in [6, 6.07) is 11.0. The van der Waals surface area contributed by atoms with Gasteiger partial charge >= 0.3 is 0 Å².